The van der Waals surface area contributed by atoms with Crippen LogP contribution < -0.4 is 5.32 Å². The number of methoxy groups -OCH3 is 1. The van der Waals surface area contributed by atoms with E-state index in [1.807, 2.05) is 0 Å². The third kappa shape index (κ3) is 5.15. The summed E-state index contributed by atoms with van der Waals surface area (Å²) in [6.45, 7) is 0. The van der Waals surface area contributed by atoms with Gasteiger partial charge in [-0.2, -0.15) is 5.10 Å². The monoisotopic (exact) mass is 401 g/mol. The highest BCUT2D eigenvalue weighted by atomic mass is 35.5. The lowest BCUT2D eigenvalue weighted by Crippen LogP contribution is -2.19. The highest BCUT2D eigenvalue weighted by Crippen LogP contribution is 2.24. The molecule has 11 heteroatoms. The number of esters is 1. The van der Waals surface area contributed by atoms with Gasteiger partial charge >= 0.3 is 5.97 Å². The second kappa shape index (κ2) is 7.81. The van der Waals surface area contributed by atoms with E-state index in [-0.39, 0.29) is 20.0 Å². The highest BCUT2D eigenvalue weighted by molar-refractivity contribution is 8.18. The van der Waals surface area contributed by atoms with Gasteiger partial charge in [0.25, 0.3) is 5.91 Å². The van der Waals surface area contributed by atoms with Crippen molar-refractivity contribution in [3.05, 3.63) is 39.8 Å². The lowest BCUT2D eigenvalue weighted by Gasteiger charge is -2.03. The molecule has 0 aromatic heterocycles. The molecule has 0 atom stereocenters. The fourth-order valence-electron chi connectivity index (χ4n) is 1.72. The molecular weight excluding hydrogens is 390 g/mol. The summed E-state index contributed by atoms with van der Waals surface area (Å²) in [7, 11) is -2.30. The Bertz CT molecular complexity index is 922. The number of carbonyl (C=O) groups excluding carboxylic acids is 2. The van der Waals surface area contributed by atoms with Crippen LogP contribution in [0, 0.1) is 0 Å². The number of hydrogen-bond acceptors (Lipinski definition) is 8. The first kappa shape index (κ1) is 19.2. The molecule has 0 bridgehead atoms. The van der Waals surface area contributed by atoms with Crippen LogP contribution in [0.25, 0.3) is 0 Å². The minimum absolute atomic E-state index is 0.0123. The van der Waals surface area contributed by atoms with Crippen LogP contribution in [0.3, 0.4) is 0 Å². The van der Waals surface area contributed by atoms with E-state index >= 15 is 0 Å². The van der Waals surface area contributed by atoms with Crippen LogP contribution in [-0.2, 0) is 24.2 Å². The average molecular weight is 402 g/mol. The third-order valence-electron chi connectivity index (χ3n) is 2.82. The zero-order valence-electron chi connectivity index (χ0n) is 13.0. The summed E-state index contributed by atoms with van der Waals surface area (Å²) in [6, 6.07) is 4.33. The Balaban J connectivity index is 2.22. The van der Waals surface area contributed by atoms with Crippen molar-refractivity contribution in [3.8, 4) is 0 Å². The molecule has 0 saturated carbocycles. The van der Waals surface area contributed by atoms with Gasteiger partial charge in [0.15, 0.2) is 15.0 Å². The lowest BCUT2D eigenvalue weighted by atomic mass is 10.2. The Kier molecular flexibility index (Phi) is 5.98. The first-order valence-corrected chi connectivity index (χ1v) is 9.69. The van der Waals surface area contributed by atoms with Crippen molar-refractivity contribution in [1.29, 1.82) is 0 Å². The maximum absolute atomic E-state index is 11.8. The number of amidine groups is 1. The molecule has 2 rings (SSSR count). The Labute approximate surface area is 152 Å². The number of sulfone groups is 1. The number of nitrogens with zero attached hydrogens (tertiary/aromatic N) is 2. The smallest absolute Gasteiger partial charge is 0.331 e. The van der Waals surface area contributed by atoms with Crippen LogP contribution in [0.15, 0.2) is 44.3 Å². The van der Waals surface area contributed by atoms with Gasteiger partial charge in [0.2, 0.25) is 0 Å². The van der Waals surface area contributed by atoms with Gasteiger partial charge in [-0.1, -0.05) is 17.7 Å². The molecule has 1 saturated heterocycles. The van der Waals surface area contributed by atoms with Crippen LogP contribution in [0.5, 0.6) is 0 Å². The first-order valence-electron chi connectivity index (χ1n) is 6.60. The van der Waals surface area contributed by atoms with E-state index in [0.717, 1.165) is 24.1 Å². The van der Waals surface area contributed by atoms with Gasteiger partial charge in [-0.3, -0.25) is 10.1 Å². The second-order valence-corrected chi connectivity index (χ2v) is 8.14. The van der Waals surface area contributed by atoms with Crippen LogP contribution in [0.4, 0.5) is 0 Å². The zero-order valence-corrected chi connectivity index (χ0v) is 15.4. The summed E-state index contributed by atoms with van der Waals surface area (Å²) < 4.78 is 28.0. The molecule has 1 heterocycles. The summed E-state index contributed by atoms with van der Waals surface area (Å²) in [5.74, 6) is -1.17. The van der Waals surface area contributed by atoms with Gasteiger partial charge in [0.1, 0.15) is 0 Å². The van der Waals surface area contributed by atoms with Crippen molar-refractivity contribution >= 4 is 56.5 Å². The van der Waals surface area contributed by atoms with Crippen LogP contribution >= 0.6 is 23.4 Å². The molecule has 1 N–H and O–H groups in total. The first-order chi connectivity index (χ1) is 11.7. The van der Waals surface area contributed by atoms with Crippen LogP contribution in [0.1, 0.15) is 5.56 Å². The van der Waals surface area contributed by atoms with Crippen molar-refractivity contribution in [3.63, 3.8) is 0 Å². The minimum Gasteiger partial charge on any atom is -0.466 e. The van der Waals surface area contributed by atoms with Gasteiger partial charge in [0, 0.05) is 22.9 Å². The quantitative estimate of drug-likeness (QED) is 0.352. The predicted octanol–water partition coefficient (Wildman–Crippen LogP) is 1.35. The van der Waals surface area contributed by atoms with Gasteiger partial charge in [-0.15, -0.1) is 5.10 Å². The number of halogens is 1. The fraction of sp³-hybridized carbons (Fsp3) is 0.143. The summed E-state index contributed by atoms with van der Waals surface area (Å²) in [4.78, 5) is 22.9. The van der Waals surface area contributed by atoms with E-state index < -0.39 is 21.7 Å². The molecule has 0 radical (unpaired) electrons. The number of rotatable bonds is 4. The molecule has 8 nitrogen and oxygen atoms in total. The van der Waals surface area contributed by atoms with E-state index in [9.17, 15) is 18.0 Å². The number of hydrogen-bond donors (Lipinski definition) is 1. The second-order valence-electron chi connectivity index (χ2n) is 4.69. The summed E-state index contributed by atoms with van der Waals surface area (Å²) in [6.07, 6.45) is 3.32. The Morgan fingerprint density at radius 1 is 1.40 bits per heavy atom. The Morgan fingerprint density at radius 3 is 2.76 bits per heavy atom. The van der Waals surface area contributed by atoms with E-state index in [0.29, 0.717) is 5.56 Å². The van der Waals surface area contributed by atoms with Crippen molar-refractivity contribution in [1.82, 2.24) is 5.32 Å². The molecule has 1 aliphatic rings. The highest BCUT2D eigenvalue weighted by Gasteiger charge is 2.25. The minimum atomic E-state index is -3.50. The number of thioether (sulfide) groups is 1. The largest absolute Gasteiger partial charge is 0.466 e. The molecule has 1 aromatic rings. The number of amides is 1. The Morgan fingerprint density at radius 2 is 2.12 bits per heavy atom. The molecule has 25 heavy (non-hydrogen) atoms. The van der Waals surface area contributed by atoms with Crippen molar-refractivity contribution in [2.45, 2.75) is 4.90 Å². The van der Waals surface area contributed by atoms with E-state index in [1.54, 1.807) is 0 Å². The van der Waals surface area contributed by atoms with Gasteiger partial charge in [0.05, 0.1) is 23.1 Å². The van der Waals surface area contributed by atoms with E-state index in [4.69, 9.17) is 11.6 Å². The van der Waals surface area contributed by atoms with Crippen LogP contribution in [-0.4, -0.2) is 45.0 Å². The number of ether oxygens (including phenoxy) is 1. The van der Waals surface area contributed by atoms with Crippen molar-refractivity contribution in [2.75, 3.05) is 13.4 Å². The SMILES string of the molecule is COC(=O)/C=C1/S/C(=N\N=Cc2ccc(Cl)cc2S(C)(=O)=O)NC1=O. The summed E-state index contributed by atoms with van der Waals surface area (Å²) >= 11 is 6.72. The topological polar surface area (TPSA) is 114 Å². The molecule has 0 aliphatic carbocycles. The average Bonchev–Trinajstić information content (AvgIpc) is 2.87. The number of carbonyl (C=O) groups is 2. The van der Waals surface area contributed by atoms with Crippen molar-refractivity contribution < 1.29 is 22.7 Å². The fourth-order valence-corrected chi connectivity index (χ4v) is 3.59. The predicted molar refractivity (Wildman–Crippen MR) is 95.4 cm³/mol. The lowest BCUT2D eigenvalue weighted by molar-refractivity contribution is -0.135. The van der Waals surface area contributed by atoms with Gasteiger partial charge in [-0.25, -0.2) is 13.2 Å². The third-order valence-corrected chi connectivity index (χ3v) is 5.11. The molecule has 0 spiro atoms. The molecule has 1 fully saturated rings. The van der Waals surface area contributed by atoms with Crippen LogP contribution in [0.2, 0.25) is 5.02 Å². The number of benzene rings is 1. The van der Waals surface area contributed by atoms with Crippen molar-refractivity contribution in [2.24, 2.45) is 10.2 Å². The van der Waals surface area contributed by atoms with E-state index in [1.165, 1.54) is 31.5 Å². The maximum atomic E-state index is 11.8. The van der Waals surface area contributed by atoms with Gasteiger partial charge < -0.3 is 4.74 Å². The molecule has 0 unspecified atom stereocenters. The Hall–Kier alpha value is -2.17. The van der Waals surface area contributed by atoms with E-state index in [2.05, 4.69) is 20.3 Å². The molecule has 1 aromatic carbocycles. The number of nitrogens with one attached hydrogen (secondary N) is 1. The normalized spacial score (nSPS) is 18.1. The summed E-state index contributed by atoms with van der Waals surface area (Å²) in [5.41, 5.74) is 0.302. The molecule has 1 aliphatic heterocycles. The molecule has 132 valence electrons. The molecular formula is C14H12ClN3O5S2. The molecule has 1 amide bonds. The summed E-state index contributed by atoms with van der Waals surface area (Å²) in [5, 5.41) is 10.4. The standard InChI is InChI=1S/C14H12ClN3O5S2/c1-23-12(19)6-10-13(20)17-14(24-10)18-16-7-8-3-4-9(15)5-11(8)25(2,21)22/h3-7H,1-2H3,(H,17,18,20)/b10-6+,16-7?. The maximum Gasteiger partial charge on any atom is 0.331 e. The zero-order chi connectivity index (χ0) is 18.6. The van der Waals surface area contributed by atoms with Gasteiger partial charge in [-0.05, 0) is 23.9 Å².